The van der Waals surface area contributed by atoms with E-state index in [-0.39, 0.29) is 24.8 Å². The summed E-state index contributed by atoms with van der Waals surface area (Å²) >= 11 is 0. The standard InChI is InChI=1S/C21H17F2N3O2/c1-26-19(14-18(25-26)15-7-3-2-4-8-15)21(27)24-11-5-6-12-28-20-10-9-16(22)13-17(20)23/h2-4,7-10,13-14H,11-12H2,1H3,(H,24,27). The van der Waals surface area contributed by atoms with Crippen molar-refractivity contribution in [1.82, 2.24) is 15.1 Å². The molecule has 3 rings (SSSR count). The van der Waals surface area contributed by atoms with Gasteiger partial charge >= 0.3 is 0 Å². The van der Waals surface area contributed by atoms with Gasteiger partial charge in [0, 0.05) is 18.7 Å². The highest BCUT2D eigenvalue weighted by molar-refractivity contribution is 5.93. The summed E-state index contributed by atoms with van der Waals surface area (Å²) in [5.41, 5.74) is 2.03. The fraction of sp³-hybridized carbons (Fsp3) is 0.143. The molecule has 28 heavy (non-hydrogen) atoms. The average Bonchev–Trinajstić information content (AvgIpc) is 3.08. The molecule has 1 heterocycles. The van der Waals surface area contributed by atoms with Crippen LogP contribution in [0.5, 0.6) is 5.75 Å². The second-order valence-electron chi connectivity index (χ2n) is 5.80. The van der Waals surface area contributed by atoms with Crippen LogP contribution in [0.25, 0.3) is 11.3 Å². The molecule has 0 aliphatic heterocycles. The van der Waals surface area contributed by atoms with Gasteiger partial charge in [-0.05, 0) is 18.2 Å². The van der Waals surface area contributed by atoms with E-state index in [1.165, 1.54) is 10.7 Å². The van der Waals surface area contributed by atoms with E-state index in [1.807, 2.05) is 30.3 Å². The molecule has 0 aliphatic rings. The molecule has 142 valence electrons. The number of hydrogen-bond acceptors (Lipinski definition) is 3. The number of aryl methyl sites for hydroxylation is 1. The summed E-state index contributed by atoms with van der Waals surface area (Å²) in [7, 11) is 1.69. The molecule has 2 aromatic carbocycles. The van der Waals surface area contributed by atoms with Crippen LogP contribution in [-0.4, -0.2) is 28.8 Å². The maximum Gasteiger partial charge on any atom is 0.270 e. The van der Waals surface area contributed by atoms with Crippen LogP contribution in [0.1, 0.15) is 10.5 Å². The van der Waals surface area contributed by atoms with Crippen molar-refractivity contribution in [3.05, 3.63) is 71.9 Å². The van der Waals surface area contributed by atoms with E-state index in [2.05, 4.69) is 22.3 Å². The Kier molecular flexibility index (Phi) is 6.02. The molecule has 5 nitrogen and oxygen atoms in total. The van der Waals surface area contributed by atoms with Crippen molar-refractivity contribution in [2.75, 3.05) is 13.2 Å². The number of amides is 1. The van der Waals surface area contributed by atoms with Crippen LogP contribution >= 0.6 is 0 Å². The molecule has 0 saturated heterocycles. The van der Waals surface area contributed by atoms with Crippen LogP contribution in [0.15, 0.2) is 54.6 Å². The molecular weight excluding hydrogens is 364 g/mol. The maximum atomic E-state index is 13.4. The second-order valence-corrected chi connectivity index (χ2v) is 5.80. The van der Waals surface area contributed by atoms with Gasteiger partial charge in [-0.2, -0.15) is 5.10 Å². The van der Waals surface area contributed by atoms with Crippen LogP contribution in [0.4, 0.5) is 8.78 Å². The fourth-order valence-corrected chi connectivity index (χ4v) is 2.46. The lowest BCUT2D eigenvalue weighted by Crippen LogP contribution is -2.25. The van der Waals surface area contributed by atoms with Crippen LogP contribution in [-0.2, 0) is 7.05 Å². The molecule has 0 spiro atoms. The first-order valence-electron chi connectivity index (χ1n) is 8.46. The third-order valence-corrected chi connectivity index (χ3v) is 3.84. The van der Waals surface area contributed by atoms with Crippen molar-refractivity contribution in [3.63, 3.8) is 0 Å². The minimum absolute atomic E-state index is 0.0805. The molecule has 0 radical (unpaired) electrons. The third-order valence-electron chi connectivity index (χ3n) is 3.84. The summed E-state index contributed by atoms with van der Waals surface area (Å²) in [4.78, 5) is 12.3. The van der Waals surface area contributed by atoms with E-state index in [1.54, 1.807) is 13.1 Å². The number of carbonyl (C=O) groups is 1. The van der Waals surface area contributed by atoms with Crippen molar-refractivity contribution in [1.29, 1.82) is 0 Å². The highest BCUT2D eigenvalue weighted by Gasteiger charge is 2.13. The first kappa shape index (κ1) is 19.1. The number of hydrogen-bond donors (Lipinski definition) is 1. The number of carbonyl (C=O) groups excluding carboxylic acids is 1. The molecule has 0 saturated carbocycles. The molecule has 3 aromatic rings. The molecular formula is C21H17F2N3O2. The number of ether oxygens (including phenoxy) is 1. The molecule has 1 N–H and O–H groups in total. The monoisotopic (exact) mass is 381 g/mol. The van der Waals surface area contributed by atoms with Gasteiger partial charge in [0.2, 0.25) is 0 Å². The molecule has 1 amide bonds. The van der Waals surface area contributed by atoms with Gasteiger partial charge in [0.15, 0.2) is 11.6 Å². The van der Waals surface area contributed by atoms with E-state index in [0.717, 1.165) is 17.7 Å². The van der Waals surface area contributed by atoms with Gasteiger partial charge in [-0.25, -0.2) is 8.78 Å². The minimum Gasteiger partial charge on any atom is -0.478 e. The quantitative estimate of drug-likeness (QED) is 0.691. The van der Waals surface area contributed by atoms with Crippen LogP contribution in [0.3, 0.4) is 0 Å². The summed E-state index contributed by atoms with van der Waals surface area (Å²) in [6.07, 6.45) is 0. The smallest absolute Gasteiger partial charge is 0.270 e. The predicted molar refractivity (Wildman–Crippen MR) is 101 cm³/mol. The summed E-state index contributed by atoms with van der Waals surface area (Å²) < 4.78 is 32.8. The average molecular weight is 381 g/mol. The highest BCUT2D eigenvalue weighted by atomic mass is 19.1. The van der Waals surface area contributed by atoms with E-state index in [9.17, 15) is 13.6 Å². The summed E-state index contributed by atoms with van der Waals surface area (Å²) in [5.74, 6) is 3.51. The van der Waals surface area contributed by atoms with E-state index in [0.29, 0.717) is 11.4 Å². The molecule has 7 heteroatoms. The Bertz CT molecular complexity index is 1040. The second kappa shape index (κ2) is 8.82. The molecule has 0 unspecified atom stereocenters. The first-order valence-corrected chi connectivity index (χ1v) is 8.46. The van der Waals surface area contributed by atoms with Crippen molar-refractivity contribution < 1.29 is 18.3 Å². The molecule has 0 bridgehead atoms. The lowest BCUT2D eigenvalue weighted by atomic mass is 10.1. The first-order chi connectivity index (χ1) is 13.5. The lowest BCUT2D eigenvalue weighted by Gasteiger charge is -2.03. The molecule has 0 aliphatic carbocycles. The van der Waals surface area contributed by atoms with Gasteiger partial charge in [0.05, 0.1) is 12.2 Å². The van der Waals surface area contributed by atoms with Crippen molar-refractivity contribution >= 4 is 5.91 Å². The maximum absolute atomic E-state index is 13.4. The summed E-state index contributed by atoms with van der Waals surface area (Å²) in [6, 6.07) is 14.3. The topological polar surface area (TPSA) is 56.2 Å². The number of nitrogens with one attached hydrogen (secondary N) is 1. The van der Waals surface area contributed by atoms with E-state index in [4.69, 9.17) is 4.74 Å². The Hall–Kier alpha value is -3.66. The highest BCUT2D eigenvalue weighted by Crippen LogP contribution is 2.18. The number of halogens is 2. The Balaban J connectivity index is 1.51. The van der Waals surface area contributed by atoms with Gasteiger partial charge in [-0.15, -0.1) is 0 Å². The van der Waals surface area contributed by atoms with Crippen molar-refractivity contribution in [2.24, 2.45) is 7.05 Å². The molecule has 0 fully saturated rings. The Morgan fingerprint density at radius 3 is 2.68 bits per heavy atom. The third kappa shape index (κ3) is 4.74. The normalized spacial score (nSPS) is 10.1. The van der Waals surface area contributed by atoms with Gasteiger partial charge in [-0.3, -0.25) is 9.48 Å². The zero-order valence-electron chi connectivity index (χ0n) is 15.1. The Labute approximate surface area is 160 Å². The van der Waals surface area contributed by atoms with Crippen LogP contribution in [0.2, 0.25) is 0 Å². The zero-order valence-corrected chi connectivity index (χ0v) is 15.1. The summed E-state index contributed by atoms with van der Waals surface area (Å²) in [5, 5.41) is 7.01. The zero-order chi connectivity index (χ0) is 19.9. The number of rotatable bonds is 5. The van der Waals surface area contributed by atoms with Crippen LogP contribution in [0, 0.1) is 23.5 Å². The van der Waals surface area contributed by atoms with Gasteiger partial charge in [0.1, 0.15) is 18.1 Å². The number of aromatic nitrogens is 2. The van der Waals surface area contributed by atoms with Crippen molar-refractivity contribution in [2.45, 2.75) is 0 Å². The van der Waals surface area contributed by atoms with Gasteiger partial charge < -0.3 is 10.1 Å². The Morgan fingerprint density at radius 1 is 1.14 bits per heavy atom. The van der Waals surface area contributed by atoms with E-state index < -0.39 is 11.6 Å². The lowest BCUT2D eigenvalue weighted by molar-refractivity contribution is 0.0949. The minimum atomic E-state index is -0.791. The molecule has 1 aromatic heterocycles. The summed E-state index contributed by atoms with van der Waals surface area (Å²) in [6.45, 7) is 0.0161. The van der Waals surface area contributed by atoms with Crippen LogP contribution < -0.4 is 10.1 Å². The molecule has 0 atom stereocenters. The fourth-order valence-electron chi connectivity index (χ4n) is 2.46. The predicted octanol–water partition coefficient (Wildman–Crippen LogP) is 3.18. The number of nitrogens with zero attached hydrogens (tertiary/aromatic N) is 2. The Morgan fingerprint density at radius 2 is 1.93 bits per heavy atom. The van der Waals surface area contributed by atoms with Gasteiger partial charge in [-0.1, -0.05) is 42.2 Å². The van der Waals surface area contributed by atoms with E-state index >= 15 is 0 Å². The van der Waals surface area contributed by atoms with Gasteiger partial charge in [0.25, 0.3) is 5.91 Å². The SMILES string of the molecule is Cn1nc(-c2ccccc2)cc1C(=O)NCC#CCOc1ccc(F)cc1F. The largest absolute Gasteiger partial charge is 0.478 e. The van der Waals surface area contributed by atoms with Crippen molar-refractivity contribution in [3.8, 4) is 28.8 Å². The number of benzene rings is 2.